The highest BCUT2D eigenvalue weighted by Crippen LogP contribution is 2.36. The van der Waals surface area contributed by atoms with Crippen LogP contribution in [0.2, 0.25) is 5.02 Å². The quantitative estimate of drug-likeness (QED) is 0.271. The summed E-state index contributed by atoms with van der Waals surface area (Å²) in [5.41, 5.74) is 1.82. The molecule has 3 aromatic carbocycles. The van der Waals surface area contributed by atoms with Crippen LogP contribution in [-0.4, -0.2) is 15.1 Å². The Balaban J connectivity index is 1.39. The predicted molar refractivity (Wildman–Crippen MR) is 123 cm³/mol. The normalized spacial score (nSPS) is 11.5. The Morgan fingerprint density at radius 1 is 0.968 bits per heavy atom. The van der Waals surface area contributed by atoms with Crippen LogP contribution in [0.25, 0.3) is 11.0 Å². The minimum absolute atomic E-state index is 0.160. The minimum Gasteiger partial charge on any atom is -0.333 e. The average molecular weight is 479 g/mol. The second-order valence-corrected chi connectivity index (χ2v) is 8.33. The number of thiocarbonyl (C=S) groups is 1. The van der Waals surface area contributed by atoms with Crippen molar-refractivity contribution in [3.05, 3.63) is 77.3 Å². The second kappa shape index (κ2) is 8.78. The molecule has 0 aliphatic carbocycles. The number of hydrogen-bond acceptors (Lipinski definition) is 3. The SMILES string of the molecule is FC(F)(F)c1cc(NC(=S)Nc2ccc(Sc3nc4ccccc4[nH]3)cc2)ccc1Cl. The number of anilines is 2. The van der Waals surface area contributed by atoms with Gasteiger partial charge < -0.3 is 15.6 Å². The van der Waals surface area contributed by atoms with Crippen molar-refractivity contribution in [3.8, 4) is 0 Å². The van der Waals surface area contributed by atoms with E-state index in [1.807, 2.05) is 48.5 Å². The molecule has 1 aromatic heterocycles. The van der Waals surface area contributed by atoms with Crippen LogP contribution < -0.4 is 10.6 Å². The summed E-state index contributed by atoms with van der Waals surface area (Å²) in [6.07, 6.45) is -4.54. The van der Waals surface area contributed by atoms with Gasteiger partial charge in [-0.05, 0) is 66.8 Å². The molecule has 0 spiro atoms. The Kier molecular flexibility index (Phi) is 6.08. The number of halogens is 4. The molecular weight excluding hydrogens is 465 g/mol. The highest BCUT2D eigenvalue weighted by molar-refractivity contribution is 7.99. The minimum atomic E-state index is -4.54. The number of aromatic nitrogens is 2. The third-order valence-electron chi connectivity index (χ3n) is 4.22. The monoisotopic (exact) mass is 478 g/mol. The summed E-state index contributed by atoms with van der Waals surface area (Å²) < 4.78 is 39.0. The summed E-state index contributed by atoms with van der Waals surface area (Å²) in [5.74, 6) is 0. The molecule has 4 nitrogen and oxygen atoms in total. The molecule has 4 aromatic rings. The van der Waals surface area contributed by atoms with Gasteiger partial charge in [-0.25, -0.2) is 4.98 Å². The van der Waals surface area contributed by atoms with Gasteiger partial charge in [-0.3, -0.25) is 0 Å². The Labute approximate surface area is 190 Å². The van der Waals surface area contributed by atoms with Gasteiger partial charge in [0.1, 0.15) is 0 Å². The first-order valence-electron chi connectivity index (χ1n) is 8.95. The number of rotatable bonds is 4. The molecule has 0 saturated heterocycles. The molecular formula is C21H14ClF3N4S2. The molecule has 4 rings (SSSR count). The van der Waals surface area contributed by atoms with Crippen LogP contribution in [0.15, 0.2) is 76.8 Å². The Hall–Kier alpha value is -2.75. The van der Waals surface area contributed by atoms with Crippen LogP contribution in [0.1, 0.15) is 5.56 Å². The molecule has 3 N–H and O–H groups in total. The van der Waals surface area contributed by atoms with Crippen molar-refractivity contribution in [1.29, 1.82) is 0 Å². The largest absolute Gasteiger partial charge is 0.417 e. The molecule has 0 saturated carbocycles. The van der Waals surface area contributed by atoms with Gasteiger partial charge in [0.05, 0.1) is 21.6 Å². The number of nitrogens with zero attached hydrogens (tertiary/aromatic N) is 1. The van der Waals surface area contributed by atoms with Gasteiger partial charge in [-0.1, -0.05) is 35.5 Å². The molecule has 0 radical (unpaired) electrons. The molecule has 0 atom stereocenters. The number of nitrogens with one attached hydrogen (secondary N) is 3. The van der Waals surface area contributed by atoms with E-state index in [1.54, 1.807) is 0 Å². The Morgan fingerprint density at radius 3 is 2.35 bits per heavy atom. The topological polar surface area (TPSA) is 52.7 Å². The van der Waals surface area contributed by atoms with E-state index in [9.17, 15) is 13.2 Å². The zero-order chi connectivity index (χ0) is 22.0. The summed E-state index contributed by atoms with van der Waals surface area (Å²) in [6, 6.07) is 18.7. The maximum absolute atomic E-state index is 13.0. The molecule has 158 valence electrons. The van der Waals surface area contributed by atoms with Crippen molar-refractivity contribution in [2.75, 3.05) is 10.6 Å². The van der Waals surface area contributed by atoms with E-state index in [4.69, 9.17) is 23.8 Å². The first kappa shape index (κ1) is 21.5. The van der Waals surface area contributed by atoms with Crippen molar-refractivity contribution >= 4 is 63.1 Å². The van der Waals surface area contributed by atoms with E-state index in [0.29, 0.717) is 5.69 Å². The standard InChI is InChI=1S/C21H14ClF3N4S2/c22-16-10-7-13(11-15(16)21(23,24)25)27-19(30)26-12-5-8-14(9-6-12)31-20-28-17-3-1-2-4-18(17)29-20/h1-11H,(H,28,29)(H2,26,27,30). The van der Waals surface area contributed by atoms with E-state index in [2.05, 4.69) is 20.6 Å². The molecule has 0 aliphatic rings. The van der Waals surface area contributed by atoms with Crippen molar-refractivity contribution in [2.24, 2.45) is 0 Å². The average Bonchev–Trinajstić information content (AvgIpc) is 3.12. The number of hydrogen-bond donors (Lipinski definition) is 3. The number of fused-ring (bicyclic) bond motifs is 1. The summed E-state index contributed by atoms with van der Waals surface area (Å²) in [6.45, 7) is 0. The maximum atomic E-state index is 13.0. The van der Waals surface area contributed by atoms with Crippen LogP contribution in [-0.2, 0) is 6.18 Å². The lowest BCUT2D eigenvalue weighted by Gasteiger charge is -2.14. The number of para-hydroxylation sites is 2. The number of benzene rings is 3. The zero-order valence-electron chi connectivity index (χ0n) is 15.6. The predicted octanol–water partition coefficient (Wildman–Crippen LogP) is 7.20. The molecule has 0 fully saturated rings. The van der Waals surface area contributed by atoms with Gasteiger partial charge in [-0.15, -0.1) is 0 Å². The molecule has 0 unspecified atom stereocenters. The zero-order valence-corrected chi connectivity index (χ0v) is 18.0. The number of aromatic amines is 1. The maximum Gasteiger partial charge on any atom is 0.417 e. The van der Waals surface area contributed by atoms with Crippen molar-refractivity contribution < 1.29 is 13.2 Å². The highest BCUT2D eigenvalue weighted by Gasteiger charge is 2.33. The molecule has 0 bridgehead atoms. The van der Waals surface area contributed by atoms with Gasteiger partial charge in [0.2, 0.25) is 0 Å². The fourth-order valence-corrected chi connectivity index (χ4v) is 4.07. The Bertz CT molecular complexity index is 1210. The van der Waals surface area contributed by atoms with Crippen molar-refractivity contribution in [2.45, 2.75) is 16.2 Å². The van der Waals surface area contributed by atoms with E-state index in [1.165, 1.54) is 23.9 Å². The van der Waals surface area contributed by atoms with Crippen LogP contribution in [0.4, 0.5) is 24.5 Å². The van der Waals surface area contributed by atoms with E-state index >= 15 is 0 Å². The van der Waals surface area contributed by atoms with Crippen molar-refractivity contribution in [3.63, 3.8) is 0 Å². The molecule has 1 heterocycles. The lowest BCUT2D eigenvalue weighted by atomic mass is 10.2. The van der Waals surface area contributed by atoms with Crippen LogP contribution in [0.5, 0.6) is 0 Å². The second-order valence-electron chi connectivity index (χ2n) is 6.46. The number of H-pyrrole nitrogens is 1. The van der Waals surface area contributed by atoms with E-state index in [-0.39, 0.29) is 15.8 Å². The van der Waals surface area contributed by atoms with Gasteiger partial charge in [0.15, 0.2) is 10.3 Å². The van der Waals surface area contributed by atoms with Crippen LogP contribution in [0, 0.1) is 0 Å². The third-order valence-corrected chi connectivity index (χ3v) is 5.65. The van der Waals surface area contributed by atoms with Crippen LogP contribution >= 0.6 is 35.6 Å². The Morgan fingerprint density at radius 2 is 1.65 bits per heavy atom. The van der Waals surface area contributed by atoms with E-state index in [0.717, 1.165) is 27.2 Å². The molecule has 0 aliphatic heterocycles. The molecule has 31 heavy (non-hydrogen) atoms. The first-order valence-corrected chi connectivity index (χ1v) is 10.6. The molecule has 10 heteroatoms. The summed E-state index contributed by atoms with van der Waals surface area (Å²) >= 11 is 12.3. The fraction of sp³-hybridized carbons (Fsp3) is 0.0476. The number of alkyl halides is 3. The fourth-order valence-electron chi connectivity index (χ4n) is 2.81. The van der Waals surface area contributed by atoms with Gasteiger partial charge in [0, 0.05) is 16.3 Å². The highest BCUT2D eigenvalue weighted by atomic mass is 35.5. The lowest BCUT2D eigenvalue weighted by Crippen LogP contribution is -2.19. The smallest absolute Gasteiger partial charge is 0.333 e. The van der Waals surface area contributed by atoms with Gasteiger partial charge in [0.25, 0.3) is 0 Å². The summed E-state index contributed by atoms with van der Waals surface area (Å²) in [4.78, 5) is 8.75. The molecule has 0 amide bonds. The third kappa shape index (κ3) is 5.30. The first-order chi connectivity index (χ1) is 14.8. The lowest BCUT2D eigenvalue weighted by molar-refractivity contribution is -0.137. The van der Waals surface area contributed by atoms with Crippen LogP contribution in [0.3, 0.4) is 0 Å². The van der Waals surface area contributed by atoms with E-state index < -0.39 is 11.7 Å². The van der Waals surface area contributed by atoms with Crippen molar-refractivity contribution in [1.82, 2.24) is 9.97 Å². The van der Waals surface area contributed by atoms with Gasteiger partial charge in [-0.2, -0.15) is 13.2 Å². The van der Waals surface area contributed by atoms with Gasteiger partial charge >= 0.3 is 6.18 Å². The summed E-state index contributed by atoms with van der Waals surface area (Å²) in [5, 5.41) is 6.26. The summed E-state index contributed by atoms with van der Waals surface area (Å²) in [7, 11) is 0. The number of imidazole rings is 1.